The molecule has 0 heterocycles. The lowest BCUT2D eigenvalue weighted by atomic mass is 10.1. The quantitative estimate of drug-likeness (QED) is 0.196. The maximum atomic E-state index is 10.7. The van der Waals surface area contributed by atoms with Gasteiger partial charge in [-0.15, -0.1) is 0 Å². The lowest BCUT2D eigenvalue weighted by Crippen LogP contribution is -1.98. The van der Waals surface area contributed by atoms with Gasteiger partial charge in [0, 0.05) is 6.42 Å². The molecular formula is C24H38O3. The van der Waals surface area contributed by atoms with Crippen LogP contribution >= 0.6 is 0 Å². The van der Waals surface area contributed by atoms with Gasteiger partial charge >= 0.3 is 5.97 Å². The van der Waals surface area contributed by atoms with Gasteiger partial charge in [-0.25, -0.2) is 0 Å². The van der Waals surface area contributed by atoms with Crippen LogP contribution in [0.4, 0.5) is 0 Å². The highest BCUT2D eigenvalue weighted by atomic mass is 16.5. The number of carbonyl (C=O) groups is 2. The van der Waals surface area contributed by atoms with Crippen molar-refractivity contribution in [1.82, 2.24) is 0 Å². The van der Waals surface area contributed by atoms with Crippen molar-refractivity contribution in [2.75, 3.05) is 7.11 Å². The third kappa shape index (κ3) is 21.8. The summed E-state index contributed by atoms with van der Waals surface area (Å²) in [7, 11) is 1.44. The minimum atomic E-state index is -0.0782. The second-order valence-corrected chi connectivity index (χ2v) is 5.83. The zero-order chi connectivity index (χ0) is 20.8. The lowest BCUT2D eigenvalue weighted by Gasteiger charge is -1.99. The predicted octanol–water partition coefficient (Wildman–Crippen LogP) is 6.78. The van der Waals surface area contributed by atoms with E-state index in [2.05, 4.69) is 11.7 Å². The molecule has 0 saturated carbocycles. The van der Waals surface area contributed by atoms with E-state index in [1.54, 1.807) is 12.2 Å². The van der Waals surface area contributed by atoms with Crippen LogP contribution in [0.5, 0.6) is 0 Å². The molecule has 0 bridgehead atoms. The summed E-state index contributed by atoms with van der Waals surface area (Å²) in [4.78, 5) is 21.2. The molecule has 1 aromatic rings. The molecule has 0 atom stereocenters. The van der Waals surface area contributed by atoms with Gasteiger partial charge in [0.25, 0.3) is 0 Å². The van der Waals surface area contributed by atoms with Crippen LogP contribution in [-0.2, 0) is 14.3 Å². The fourth-order valence-electron chi connectivity index (χ4n) is 2.07. The zero-order valence-corrected chi connectivity index (χ0v) is 17.9. The van der Waals surface area contributed by atoms with E-state index in [0.717, 1.165) is 18.4 Å². The molecule has 0 radical (unpaired) electrons. The number of benzene rings is 1. The van der Waals surface area contributed by atoms with Crippen LogP contribution in [0, 0.1) is 0 Å². The summed E-state index contributed by atoms with van der Waals surface area (Å²) in [5, 5.41) is 0. The Hall–Kier alpha value is -2.16. The van der Waals surface area contributed by atoms with E-state index < -0.39 is 0 Å². The Morgan fingerprint density at radius 2 is 1.52 bits per heavy atom. The number of esters is 1. The van der Waals surface area contributed by atoms with Gasteiger partial charge in [0.15, 0.2) is 5.78 Å². The number of ketones is 1. The molecule has 152 valence electrons. The van der Waals surface area contributed by atoms with E-state index in [1.165, 1.54) is 39.7 Å². The van der Waals surface area contributed by atoms with Crippen molar-refractivity contribution in [3.63, 3.8) is 0 Å². The van der Waals surface area contributed by atoms with Gasteiger partial charge in [-0.2, -0.15) is 0 Å². The SMILES string of the molecule is CC.CC(=O)/C=C/C=C/c1ccccc1.CCCCCCCCC(=O)OC. The molecule has 0 aromatic heterocycles. The van der Waals surface area contributed by atoms with E-state index in [0.29, 0.717) is 6.42 Å². The fourth-order valence-corrected chi connectivity index (χ4v) is 2.07. The summed E-state index contributed by atoms with van der Waals surface area (Å²) in [6, 6.07) is 9.96. The molecule has 1 rings (SSSR count). The third-order valence-corrected chi connectivity index (χ3v) is 3.49. The first-order chi connectivity index (χ1) is 13.1. The Morgan fingerprint density at radius 3 is 2.07 bits per heavy atom. The van der Waals surface area contributed by atoms with Crippen molar-refractivity contribution in [2.45, 2.75) is 72.6 Å². The van der Waals surface area contributed by atoms with Gasteiger partial charge in [-0.05, 0) is 25.0 Å². The Kier molecular flexibility index (Phi) is 21.9. The van der Waals surface area contributed by atoms with E-state index in [1.807, 2.05) is 56.3 Å². The highest BCUT2D eigenvalue weighted by molar-refractivity contribution is 5.87. The highest BCUT2D eigenvalue weighted by Crippen LogP contribution is 2.07. The maximum Gasteiger partial charge on any atom is 0.305 e. The van der Waals surface area contributed by atoms with Crippen molar-refractivity contribution in [2.24, 2.45) is 0 Å². The molecule has 27 heavy (non-hydrogen) atoms. The van der Waals surface area contributed by atoms with E-state index in [-0.39, 0.29) is 11.8 Å². The maximum absolute atomic E-state index is 10.7. The molecule has 1 aromatic carbocycles. The standard InChI is InChI=1S/C12H12O.C10H20O2.C2H6/c1-11(13)7-5-6-10-12-8-3-2-4-9-12;1-3-4-5-6-7-8-9-10(11)12-2;1-2/h2-10H,1H3;3-9H2,1-2H3;1-2H3/b7-5+,10-6+;;. The number of allylic oxidation sites excluding steroid dienone is 3. The first-order valence-corrected chi connectivity index (χ1v) is 10.1. The summed E-state index contributed by atoms with van der Waals surface area (Å²) >= 11 is 0. The Morgan fingerprint density at radius 1 is 0.926 bits per heavy atom. The molecule has 0 aliphatic heterocycles. The van der Waals surface area contributed by atoms with Crippen LogP contribution in [0.1, 0.15) is 78.2 Å². The largest absolute Gasteiger partial charge is 0.469 e. The molecule has 0 saturated heterocycles. The van der Waals surface area contributed by atoms with Crippen molar-refractivity contribution >= 4 is 17.8 Å². The fraction of sp³-hybridized carbons (Fsp3) is 0.500. The molecule has 0 spiro atoms. The number of hydrogen-bond acceptors (Lipinski definition) is 3. The smallest absolute Gasteiger partial charge is 0.305 e. The van der Waals surface area contributed by atoms with Crippen LogP contribution in [0.25, 0.3) is 6.08 Å². The van der Waals surface area contributed by atoms with Crippen molar-refractivity contribution < 1.29 is 14.3 Å². The number of ether oxygens (including phenoxy) is 1. The normalized spacial score (nSPS) is 9.96. The van der Waals surface area contributed by atoms with Crippen LogP contribution < -0.4 is 0 Å². The second kappa shape index (κ2) is 21.9. The number of rotatable bonds is 10. The zero-order valence-electron chi connectivity index (χ0n) is 17.9. The lowest BCUT2D eigenvalue weighted by molar-refractivity contribution is -0.140. The predicted molar refractivity (Wildman–Crippen MR) is 117 cm³/mol. The van der Waals surface area contributed by atoms with E-state index in [9.17, 15) is 9.59 Å². The number of carbonyl (C=O) groups excluding carboxylic acids is 2. The minimum absolute atomic E-state index is 0.0673. The molecule has 3 heteroatoms. The Bertz CT molecular complexity index is 516. The molecule has 0 fully saturated rings. The van der Waals surface area contributed by atoms with Gasteiger partial charge in [-0.1, -0.05) is 101 Å². The Balaban J connectivity index is 0. The number of hydrogen-bond donors (Lipinski definition) is 0. The number of unbranched alkanes of at least 4 members (excludes halogenated alkanes) is 5. The number of methoxy groups -OCH3 is 1. The van der Waals surface area contributed by atoms with Crippen LogP contribution in [-0.4, -0.2) is 18.9 Å². The summed E-state index contributed by atoms with van der Waals surface area (Å²) < 4.78 is 4.54. The van der Waals surface area contributed by atoms with Crippen LogP contribution in [0.15, 0.2) is 48.6 Å². The van der Waals surface area contributed by atoms with E-state index in [4.69, 9.17) is 0 Å². The summed E-state index contributed by atoms with van der Waals surface area (Å²) in [6.07, 6.45) is 15.0. The second-order valence-electron chi connectivity index (χ2n) is 5.83. The average molecular weight is 375 g/mol. The topological polar surface area (TPSA) is 43.4 Å². The third-order valence-electron chi connectivity index (χ3n) is 3.49. The van der Waals surface area contributed by atoms with Gasteiger partial charge in [0.1, 0.15) is 0 Å². The summed E-state index contributed by atoms with van der Waals surface area (Å²) in [5.41, 5.74) is 1.13. The highest BCUT2D eigenvalue weighted by Gasteiger charge is 1.98. The molecular weight excluding hydrogens is 336 g/mol. The van der Waals surface area contributed by atoms with Crippen LogP contribution in [0.3, 0.4) is 0 Å². The minimum Gasteiger partial charge on any atom is -0.469 e. The van der Waals surface area contributed by atoms with Gasteiger partial charge < -0.3 is 4.74 Å². The molecule has 0 amide bonds. The molecule has 0 N–H and O–H groups in total. The monoisotopic (exact) mass is 374 g/mol. The van der Waals surface area contributed by atoms with Crippen molar-refractivity contribution in [3.8, 4) is 0 Å². The molecule has 0 aliphatic carbocycles. The summed E-state index contributed by atoms with van der Waals surface area (Å²) in [6.45, 7) is 7.74. The van der Waals surface area contributed by atoms with Gasteiger partial charge in [0.2, 0.25) is 0 Å². The first kappa shape index (κ1) is 27.1. The van der Waals surface area contributed by atoms with Crippen molar-refractivity contribution in [1.29, 1.82) is 0 Å². The molecule has 0 unspecified atom stereocenters. The molecule has 0 aliphatic rings. The summed E-state index contributed by atoms with van der Waals surface area (Å²) in [5.74, 6) is -0.0109. The van der Waals surface area contributed by atoms with Gasteiger partial charge in [-0.3, -0.25) is 9.59 Å². The average Bonchev–Trinajstić information content (AvgIpc) is 2.70. The van der Waals surface area contributed by atoms with Crippen molar-refractivity contribution in [3.05, 3.63) is 54.1 Å². The van der Waals surface area contributed by atoms with Gasteiger partial charge in [0.05, 0.1) is 7.11 Å². The molecule has 3 nitrogen and oxygen atoms in total. The van der Waals surface area contributed by atoms with E-state index >= 15 is 0 Å². The Labute approximate surface area is 166 Å². The van der Waals surface area contributed by atoms with Crippen LogP contribution in [0.2, 0.25) is 0 Å². The first-order valence-electron chi connectivity index (χ1n) is 10.1.